The van der Waals surface area contributed by atoms with Gasteiger partial charge in [0, 0.05) is 54.1 Å². The van der Waals surface area contributed by atoms with E-state index in [1.165, 1.54) is 60.9 Å². The van der Waals surface area contributed by atoms with Crippen LogP contribution in [-0.4, -0.2) is 99.3 Å². The molecule has 2 aliphatic rings. The molecule has 0 amide bonds. The second kappa shape index (κ2) is 23.6. The number of halogens is 12. The lowest BCUT2D eigenvalue weighted by atomic mass is 9.98. The van der Waals surface area contributed by atoms with Crippen molar-refractivity contribution in [3.8, 4) is 22.5 Å². The van der Waals surface area contributed by atoms with Crippen molar-refractivity contribution in [1.82, 2.24) is 49.7 Å². The van der Waals surface area contributed by atoms with Crippen LogP contribution in [0.3, 0.4) is 0 Å². The van der Waals surface area contributed by atoms with Crippen molar-refractivity contribution in [3.05, 3.63) is 144 Å². The van der Waals surface area contributed by atoms with Gasteiger partial charge in [0.05, 0.1) is 70.4 Å². The summed E-state index contributed by atoms with van der Waals surface area (Å²) in [5.41, 5.74) is -2.79. The molecule has 0 spiro atoms. The number of nitrogens with one attached hydrogen (secondary N) is 2. The van der Waals surface area contributed by atoms with Crippen LogP contribution in [0, 0.1) is 11.8 Å². The summed E-state index contributed by atoms with van der Waals surface area (Å²) in [6.45, 7) is 3.63. The van der Waals surface area contributed by atoms with Crippen LogP contribution in [0.4, 0.5) is 75.7 Å². The summed E-state index contributed by atoms with van der Waals surface area (Å²) in [7, 11) is 0. The molecule has 6 aromatic heterocycles. The average Bonchev–Trinajstić information content (AvgIpc) is 3.52. The molecule has 1 unspecified atom stereocenters. The lowest BCUT2D eigenvalue weighted by Gasteiger charge is -2.31. The molecule has 0 saturated carbocycles. The monoisotopic (exact) mass is 1120 g/mol. The zero-order valence-electron chi connectivity index (χ0n) is 41.9. The van der Waals surface area contributed by atoms with E-state index in [0.717, 1.165) is 68.9 Å². The van der Waals surface area contributed by atoms with Gasteiger partial charge < -0.3 is 20.8 Å². The lowest BCUT2D eigenvalue weighted by molar-refractivity contribution is -0.141. The van der Waals surface area contributed by atoms with E-state index in [4.69, 9.17) is 0 Å². The number of alkyl halides is 12. The predicted molar refractivity (Wildman–Crippen MR) is 271 cm³/mol. The number of aliphatic hydroxyl groups excluding tert-OH is 2. The van der Waals surface area contributed by atoms with Crippen LogP contribution < -0.4 is 10.6 Å². The Morgan fingerprint density at radius 2 is 0.950 bits per heavy atom. The number of aliphatic hydroxyl groups is 2. The van der Waals surface area contributed by atoms with Crippen molar-refractivity contribution in [2.45, 2.75) is 63.5 Å². The van der Waals surface area contributed by atoms with E-state index in [9.17, 15) is 62.9 Å². The molecule has 420 valence electrons. The highest BCUT2D eigenvalue weighted by Crippen LogP contribution is 2.40. The first-order valence-electron chi connectivity index (χ1n) is 25.0. The summed E-state index contributed by atoms with van der Waals surface area (Å²) in [4.78, 5) is 37.5. The van der Waals surface area contributed by atoms with Crippen LogP contribution in [0.5, 0.6) is 0 Å². The van der Waals surface area contributed by atoms with E-state index in [1.807, 2.05) is 0 Å². The van der Waals surface area contributed by atoms with Crippen molar-refractivity contribution in [2.75, 3.05) is 50.0 Å². The number of fused-ring (bicyclic) bond motifs is 2. The molecule has 10 rings (SSSR count). The van der Waals surface area contributed by atoms with Gasteiger partial charge in [-0.15, -0.1) is 0 Å². The van der Waals surface area contributed by atoms with Gasteiger partial charge in [0.2, 0.25) is 0 Å². The molecule has 2 aromatic carbocycles. The summed E-state index contributed by atoms with van der Waals surface area (Å²) < 4.78 is 160. The SMILES string of the molecule is OCC1CCCN(Cc2nc(Nc3ccc(C(F)(F)F)nc3)c3ccc(-c4ncccc4C(F)(F)F)cc3n2)C1.OCC1CCN(Cc2nc(Nc3ccc(C(F)(F)F)nc3)c3ccc(-c4ncccc4C(F)(F)F)cc3n2)CC1. The van der Waals surface area contributed by atoms with Crippen LogP contribution >= 0.6 is 0 Å². The largest absolute Gasteiger partial charge is 0.433 e. The molecule has 2 saturated heterocycles. The van der Waals surface area contributed by atoms with Gasteiger partial charge in [0.25, 0.3) is 0 Å². The number of likely N-dealkylation sites (tertiary alicyclic amines) is 2. The summed E-state index contributed by atoms with van der Waals surface area (Å²) in [6.07, 6.45) is -10.4. The van der Waals surface area contributed by atoms with Crippen molar-refractivity contribution in [1.29, 1.82) is 0 Å². The Labute approximate surface area is 448 Å². The van der Waals surface area contributed by atoms with E-state index in [0.29, 0.717) is 66.2 Å². The fourth-order valence-corrected chi connectivity index (χ4v) is 9.43. The third-order valence-corrected chi connectivity index (χ3v) is 13.4. The molecule has 80 heavy (non-hydrogen) atoms. The maximum atomic E-state index is 13.7. The molecular formula is C54H48F12N12O2. The third kappa shape index (κ3) is 13.8. The van der Waals surface area contributed by atoms with Gasteiger partial charge in [-0.2, -0.15) is 52.7 Å². The molecule has 0 bridgehead atoms. The highest BCUT2D eigenvalue weighted by atomic mass is 19.4. The zero-order chi connectivity index (χ0) is 57.0. The highest BCUT2D eigenvalue weighted by Gasteiger charge is 2.37. The van der Waals surface area contributed by atoms with E-state index in [-0.39, 0.29) is 70.6 Å². The molecule has 0 aliphatic carbocycles. The fraction of sp³-hybridized carbons (Fsp3) is 0.333. The molecule has 4 N–H and O–H groups in total. The van der Waals surface area contributed by atoms with E-state index in [1.54, 1.807) is 12.1 Å². The molecule has 14 nitrogen and oxygen atoms in total. The van der Waals surface area contributed by atoms with Crippen molar-refractivity contribution < 1.29 is 62.9 Å². The number of hydrogen-bond donors (Lipinski definition) is 4. The van der Waals surface area contributed by atoms with Crippen LogP contribution in [0.25, 0.3) is 44.3 Å². The van der Waals surface area contributed by atoms with Crippen LogP contribution in [-0.2, 0) is 37.8 Å². The molecule has 2 fully saturated rings. The average molecular weight is 1130 g/mol. The maximum absolute atomic E-state index is 13.7. The Hall–Kier alpha value is -7.68. The summed E-state index contributed by atoms with van der Waals surface area (Å²) in [6, 6.07) is 17.5. The Balaban J connectivity index is 0.000000194. The second-order valence-electron chi connectivity index (χ2n) is 19.2. The van der Waals surface area contributed by atoms with Crippen molar-refractivity contribution >= 4 is 44.8 Å². The molecule has 2 aliphatic heterocycles. The number of rotatable bonds is 12. The Bertz CT molecular complexity index is 3430. The summed E-state index contributed by atoms with van der Waals surface area (Å²) in [5, 5.41) is 25.9. The quantitative estimate of drug-likeness (QED) is 0.0851. The van der Waals surface area contributed by atoms with Crippen LogP contribution in [0.1, 0.15) is 59.8 Å². The van der Waals surface area contributed by atoms with Gasteiger partial charge in [0.15, 0.2) is 0 Å². The molecular weight excluding hydrogens is 1080 g/mol. The number of pyridine rings is 4. The minimum atomic E-state index is -4.62. The van der Waals surface area contributed by atoms with Crippen LogP contribution in [0.15, 0.2) is 110 Å². The van der Waals surface area contributed by atoms with Crippen molar-refractivity contribution in [3.63, 3.8) is 0 Å². The standard InChI is InChI=1S/2C27H24F6N6O/c28-26(29,30)20-4-1-9-34-24(20)17-5-7-19-21(11-17)37-23(14-39-10-2-3-16(13-39)15-40)38-25(19)36-18-6-8-22(35-12-18)27(31,32)33;28-26(29,30)20-2-1-9-34-24(20)17-3-5-19-21(12-17)37-23(14-39-10-7-16(15-40)8-11-39)38-25(19)36-18-4-6-22(35-13-18)27(31,32)33/h1,4-9,11-12,16,40H,2-3,10,13-15H2,(H,36,37,38);1-6,9,12-13,16,40H,7-8,10-11,14-15H2,(H,36,37,38). The lowest BCUT2D eigenvalue weighted by Crippen LogP contribution is -2.36. The second-order valence-corrected chi connectivity index (χ2v) is 19.2. The van der Waals surface area contributed by atoms with E-state index < -0.39 is 47.2 Å². The first-order chi connectivity index (χ1) is 38.0. The zero-order valence-corrected chi connectivity index (χ0v) is 41.9. The molecule has 0 radical (unpaired) electrons. The molecule has 1 atom stereocenters. The highest BCUT2D eigenvalue weighted by molar-refractivity contribution is 5.94. The summed E-state index contributed by atoms with van der Waals surface area (Å²) in [5.74, 6) is 1.62. The van der Waals surface area contributed by atoms with Crippen LogP contribution in [0.2, 0.25) is 0 Å². The molecule has 26 heteroatoms. The van der Waals surface area contributed by atoms with Gasteiger partial charge in [-0.1, -0.05) is 12.1 Å². The molecule has 8 heterocycles. The Morgan fingerprint density at radius 1 is 0.487 bits per heavy atom. The van der Waals surface area contributed by atoms with Gasteiger partial charge in [0.1, 0.15) is 34.7 Å². The van der Waals surface area contributed by atoms with Gasteiger partial charge in [-0.25, -0.2) is 29.9 Å². The summed E-state index contributed by atoms with van der Waals surface area (Å²) >= 11 is 0. The minimum Gasteiger partial charge on any atom is -0.396 e. The van der Waals surface area contributed by atoms with Gasteiger partial charge in [-0.05, 0) is 130 Å². The van der Waals surface area contributed by atoms with Crippen molar-refractivity contribution in [2.24, 2.45) is 11.8 Å². The first kappa shape index (κ1) is 57.0. The normalized spacial score (nSPS) is 16.1. The topological polar surface area (TPSA) is 174 Å². The van der Waals surface area contributed by atoms with Gasteiger partial charge >= 0.3 is 24.7 Å². The van der Waals surface area contributed by atoms with E-state index in [2.05, 4.69) is 60.3 Å². The number of anilines is 4. The number of benzene rings is 2. The Kier molecular flexibility index (Phi) is 16.8. The number of hydrogen-bond acceptors (Lipinski definition) is 14. The fourth-order valence-electron chi connectivity index (χ4n) is 9.43. The third-order valence-electron chi connectivity index (χ3n) is 13.4. The number of nitrogens with zero attached hydrogens (tertiary/aromatic N) is 10. The Morgan fingerprint density at radius 3 is 1.36 bits per heavy atom. The molecule has 8 aromatic rings. The number of aromatic nitrogens is 8. The number of piperidine rings is 2. The maximum Gasteiger partial charge on any atom is 0.433 e. The van der Waals surface area contributed by atoms with Gasteiger partial charge in [-0.3, -0.25) is 19.8 Å². The first-order valence-corrected chi connectivity index (χ1v) is 25.0. The predicted octanol–water partition coefficient (Wildman–Crippen LogP) is 12.1. The van der Waals surface area contributed by atoms with E-state index >= 15 is 0 Å². The smallest absolute Gasteiger partial charge is 0.396 e. The minimum absolute atomic E-state index is 0.0534.